The molecule has 0 aliphatic carbocycles. The summed E-state index contributed by atoms with van der Waals surface area (Å²) in [6.07, 6.45) is 0. The SMILES string of the molecule is Cc1cccc(Nc2cccc(Cl)n2)n1. The average Bonchev–Trinajstić information content (AvgIpc) is 2.17. The lowest BCUT2D eigenvalue weighted by molar-refractivity contribution is 1.18. The summed E-state index contributed by atoms with van der Waals surface area (Å²) >= 11 is 5.77. The Kier molecular flexibility index (Phi) is 2.83. The lowest BCUT2D eigenvalue weighted by Gasteiger charge is -2.04. The van der Waals surface area contributed by atoms with Gasteiger partial charge in [0, 0.05) is 5.69 Å². The molecule has 0 bridgehead atoms. The van der Waals surface area contributed by atoms with Gasteiger partial charge < -0.3 is 5.32 Å². The molecule has 0 unspecified atom stereocenters. The standard InChI is InChI=1S/C11H10ClN3/c1-8-4-2-6-10(13-8)15-11-7-3-5-9(12)14-11/h2-7H,1H3,(H,13,14,15). The molecule has 4 heteroatoms. The van der Waals surface area contributed by atoms with E-state index in [-0.39, 0.29) is 0 Å². The number of aryl methyl sites for hydroxylation is 1. The zero-order valence-corrected chi connectivity index (χ0v) is 8.99. The van der Waals surface area contributed by atoms with Gasteiger partial charge in [-0.3, -0.25) is 0 Å². The molecule has 76 valence electrons. The Balaban J connectivity index is 2.22. The quantitative estimate of drug-likeness (QED) is 0.789. The Morgan fingerprint density at radius 3 is 2.33 bits per heavy atom. The van der Waals surface area contributed by atoms with E-state index in [0.717, 1.165) is 11.5 Å². The van der Waals surface area contributed by atoms with Crippen molar-refractivity contribution in [3.8, 4) is 0 Å². The first-order valence-corrected chi connectivity index (χ1v) is 4.95. The molecule has 0 aromatic carbocycles. The predicted octanol–water partition coefficient (Wildman–Crippen LogP) is 3.18. The second-order valence-electron chi connectivity index (χ2n) is 3.13. The number of halogens is 1. The van der Waals surface area contributed by atoms with Crippen molar-refractivity contribution in [2.75, 3.05) is 5.32 Å². The van der Waals surface area contributed by atoms with Crippen LogP contribution < -0.4 is 5.32 Å². The predicted molar refractivity (Wildman–Crippen MR) is 61.5 cm³/mol. The molecule has 0 saturated carbocycles. The number of aromatic nitrogens is 2. The Hall–Kier alpha value is -1.61. The first kappa shape index (κ1) is 9.93. The highest BCUT2D eigenvalue weighted by Crippen LogP contribution is 2.14. The molecule has 0 saturated heterocycles. The van der Waals surface area contributed by atoms with E-state index >= 15 is 0 Å². The molecular weight excluding hydrogens is 210 g/mol. The van der Waals surface area contributed by atoms with E-state index in [1.165, 1.54) is 0 Å². The third kappa shape index (κ3) is 2.67. The van der Waals surface area contributed by atoms with Gasteiger partial charge in [0.25, 0.3) is 0 Å². The lowest BCUT2D eigenvalue weighted by Crippen LogP contribution is -1.96. The van der Waals surface area contributed by atoms with Gasteiger partial charge in [-0.25, -0.2) is 9.97 Å². The topological polar surface area (TPSA) is 37.8 Å². The van der Waals surface area contributed by atoms with Gasteiger partial charge in [0.2, 0.25) is 0 Å². The highest BCUT2D eigenvalue weighted by atomic mass is 35.5. The number of hydrogen-bond acceptors (Lipinski definition) is 3. The van der Waals surface area contributed by atoms with Gasteiger partial charge in [-0.2, -0.15) is 0 Å². The van der Waals surface area contributed by atoms with Gasteiger partial charge >= 0.3 is 0 Å². The van der Waals surface area contributed by atoms with Crippen LogP contribution in [0.15, 0.2) is 36.4 Å². The van der Waals surface area contributed by atoms with Crippen LogP contribution in [0.25, 0.3) is 0 Å². The van der Waals surface area contributed by atoms with Gasteiger partial charge in [-0.05, 0) is 31.2 Å². The van der Waals surface area contributed by atoms with E-state index in [1.54, 1.807) is 6.07 Å². The van der Waals surface area contributed by atoms with Crippen molar-refractivity contribution in [1.29, 1.82) is 0 Å². The monoisotopic (exact) mass is 219 g/mol. The minimum atomic E-state index is 0.465. The number of pyridine rings is 2. The number of nitrogens with one attached hydrogen (secondary N) is 1. The van der Waals surface area contributed by atoms with Crippen LogP contribution in [0.3, 0.4) is 0 Å². The van der Waals surface area contributed by atoms with E-state index < -0.39 is 0 Å². The largest absolute Gasteiger partial charge is 0.325 e. The molecule has 2 rings (SSSR count). The molecule has 0 atom stereocenters. The van der Waals surface area contributed by atoms with Crippen LogP contribution in [0.5, 0.6) is 0 Å². The molecule has 0 spiro atoms. The minimum absolute atomic E-state index is 0.465. The molecule has 15 heavy (non-hydrogen) atoms. The van der Waals surface area contributed by atoms with Crippen molar-refractivity contribution in [3.05, 3.63) is 47.2 Å². The molecule has 0 aliphatic rings. The first-order valence-electron chi connectivity index (χ1n) is 4.57. The third-order valence-corrected chi connectivity index (χ3v) is 2.07. The average molecular weight is 220 g/mol. The Labute approximate surface area is 93.1 Å². The van der Waals surface area contributed by atoms with Crippen LogP contribution in [0.2, 0.25) is 5.15 Å². The summed E-state index contributed by atoms with van der Waals surface area (Å²) in [6, 6.07) is 11.2. The molecule has 1 N–H and O–H groups in total. The zero-order chi connectivity index (χ0) is 10.7. The summed E-state index contributed by atoms with van der Waals surface area (Å²) in [5.41, 5.74) is 0.960. The summed E-state index contributed by atoms with van der Waals surface area (Å²) in [4.78, 5) is 8.42. The van der Waals surface area contributed by atoms with E-state index in [9.17, 15) is 0 Å². The van der Waals surface area contributed by atoms with E-state index in [4.69, 9.17) is 11.6 Å². The van der Waals surface area contributed by atoms with Gasteiger partial charge in [0.15, 0.2) is 0 Å². The van der Waals surface area contributed by atoms with Crippen molar-refractivity contribution in [2.45, 2.75) is 6.92 Å². The maximum absolute atomic E-state index is 5.77. The highest BCUT2D eigenvalue weighted by molar-refractivity contribution is 6.29. The fourth-order valence-electron chi connectivity index (χ4n) is 1.22. The van der Waals surface area contributed by atoms with Gasteiger partial charge in [0.1, 0.15) is 16.8 Å². The number of hydrogen-bond donors (Lipinski definition) is 1. The summed E-state index contributed by atoms with van der Waals surface area (Å²) in [6.45, 7) is 1.94. The highest BCUT2D eigenvalue weighted by Gasteiger charge is 1.97. The minimum Gasteiger partial charge on any atom is -0.325 e. The first-order chi connectivity index (χ1) is 7.24. The molecule has 2 heterocycles. The maximum atomic E-state index is 5.77. The molecule has 2 aromatic rings. The van der Waals surface area contributed by atoms with E-state index in [2.05, 4.69) is 15.3 Å². The van der Waals surface area contributed by atoms with E-state index in [1.807, 2.05) is 37.3 Å². The van der Waals surface area contributed by atoms with Crippen LogP contribution in [-0.2, 0) is 0 Å². The number of nitrogens with zero attached hydrogens (tertiary/aromatic N) is 2. The lowest BCUT2D eigenvalue weighted by atomic mass is 10.3. The van der Waals surface area contributed by atoms with Crippen LogP contribution in [0.1, 0.15) is 5.69 Å². The molecule has 0 radical (unpaired) electrons. The number of anilines is 2. The van der Waals surface area contributed by atoms with Crippen molar-refractivity contribution in [1.82, 2.24) is 9.97 Å². The van der Waals surface area contributed by atoms with Gasteiger partial charge in [-0.1, -0.05) is 23.7 Å². The molecule has 0 fully saturated rings. The molecular formula is C11H10ClN3. The van der Waals surface area contributed by atoms with Crippen molar-refractivity contribution >= 4 is 23.2 Å². The Morgan fingerprint density at radius 2 is 1.67 bits per heavy atom. The third-order valence-electron chi connectivity index (χ3n) is 1.86. The normalized spacial score (nSPS) is 10.0. The summed E-state index contributed by atoms with van der Waals surface area (Å²) in [5.74, 6) is 1.46. The van der Waals surface area contributed by atoms with Crippen LogP contribution in [0.4, 0.5) is 11.6 Å². The maximum Gasteiger partial charge on any atom is 0.133 e. The molecule has 3 nitrogen and oxygen atoms in total. The van der Waals surface area contributed by atoms with Crippen molar-refractivity contribution in [3.63, 3.8) is 0 Å². The Bertz CT molecular complexity index is 427. The summed E-state index contributed by atoms with van der Waals surface area (Å²) in [5, 5.41) is 3.54. The smallest absolute Gasteiger partial charge is 0.133 e. The zero-order valence-electron chi connectivity index (χ0n) is 8.24. The molecule has 0 aliphatic heterocycles. The van der Waals surface area contributed by atoms with Crippen molar-refractivity contribution < 1.29 is 0 Å². The molecule has 2 aromatic heterocycles. The second-order valence-corrected chi connectivity index (χ2v) is 3.52. The van der Waals surface area contributed by atoms with Crippen LogP contribution in [-0.4, -0.2) is 9.97 Å². The summed E-state index contributed by atoms with van der Waals surface area (Å²) in [7, 11) is 0. The van der Waals surface area contributed by atoms with Crippen LogP contribution in [0, 0.1) is 6.92 Å². The second kappa shape index (κ2) is 4.28. The fraction of sp³-hybridized carbons (Fsp3) is 0.0909. The number of rotatable bonds is 2. The Morgan fingerprint density at radius 1 is 1.00 bits per heavy atom. The van der Waals surface area contributed by atoms with Crippen molar-refractivity contribution in [2.24, 2.45) is 0 Å². The van der Waals surface area contributed by atoms with Gasteiger partial charge in [-0.15, -0.1) is 0 Å². The summed E-state index contributed by atoms with van der Waals surface area (Å²) < 4.78 is 0. The van der Waals surface area contributed by atoms with Crippen LogP contribution >= 0.6 is 11.6 Å². The van der Waals surface area contributed by atoms with Gasteiger partial charge in [0.05, 0.1) is 0 Å². The molecule has 0 amide bonds. The fourth-order valence-corrected chi connectivity index (χ4v) is 1.39. The van der Waals surface area contributed by atoms with E-state index in [0.29, 0.717) is 11.0 Å².